The molecule has 0 spiro atoms. The third-order valence-electron chi connectivity index (χ3n) is 4.82. The van der Waals surface area contributed by atoms with Gasteiger partial charge in [-0.05, 0) is 36.6 Å². The zero-order valence-electron chi connectivity index (χ0n) is 17.3. The minimum Gasteiger partial charge on any atom is -0.442 e. The molecule has 1 aliphatic rings. The zero-order valence-corrected chi connectivity index (χ0v) is 18.9. The van der Waals surface area contributed by atoms with Crippen LogP contribution in [0.1, 0.15) is 37.5 Å². The second kappa shape index (κ2) is 10.5. The quantitative estimate of drug-likeness (QED) is 0.245. The first kappa shape index (κ1) is 24.2. The summed E-state index contributed by atoms with van der Waals surface area (Å²) in [6.07, 6.45) is 2.02. The average Bonchev–Trinajstić information content (AvgIpc) is 3.04. The number of non-ortho nitro benzene ring substituents is 1. The summed E-state index contributed by atoms with van der Waals surface area (Å²) in [5.74, 6) is -2.22. The van der Waals surface area contributed by atoms with Gasteiger partial charge in [-0.1, -0.05) is 23.7 Å². The number of ether oxygens (including phenoxy) is 1. The Morgan fingerprint density at radius 3 is 2.36 bits per heavy atom. The number of nitro groups is 1. The molecule has 0 radical (unpaired) electrons. The number of nitrogens with one attached hydrogen (secondary N) is 1. The van der Waals surface area contributed by atoms with Crippen LogP contribution in [0.5, 0.6) is 0 Å². The van der Waals surface area contributed by atoms with Crippen LogP contribution in [0.2, 0.25) is 5.02 Å². The number of nitro benzene ring substituents is 1. The Kier molecular flexibility index (Phi) is 7.67. The lowest BCUT2D eigenvalue weighted by atomic mass is 10.1. The van der Waals surface area contributed by atoms with Crippen LogP contribution in [0.15, 0.2) is 42.5 Å². The second-order valence-corrected chi connectivity index (χ2v) is 8.30. The Hall–Kier alpha value is -3.44. The maximum atomic E-state index is 12.7. The lowest BCUT2D eigenvalue weighted by Gasteiger charge is -2.20. The first-order valence-corrected chi connectivity index (χ1v) is 11.4. The van der Waals surface area contributed by atoms with E-state index in [1.54, 1.807) is 12.1 Å². The minimum absolute atomic E-state index is 0.0513. The summed E-state index contributed by atoms with van der Waals surface area (Å²) in [4.78, 5) is 61.2. The fraction of sp³-hybridized carbons (Fsp3) is 0.238. The van der Waals surface area contributed by atoms with E-state index in [1.807, 2.05) is 6.26 Å². The van der Waals surface area contributed by atoms with E-state index >= 15 is 0 Å². The smallest absolute Gasteiger partial charge is 0.330 e. The first-order chi connectivity index (χ1) is 15.7. The number of rotatable bonds is 9. The number of nitrogens with zero attached hydrogens (tertiary/aromatic N) is 2. The van der Waals surface area contributed by atoms with Crippen LogP contribution in [0.4, 0.5) is 5.69 Å². The summed E-state index contributed by atoms with van der Waals surface area (Å²) in [5, 5.41) is 13.2. The van der Waals surface area contributed by atoms with Gasteiger partial charge in [0, 0.05) is 12.1 Å². The Labute approximate surface area is 197 Å². The zero-order chi connectivity index (χ0) is 24.1. The molecule has 172 valence electrons. The first-order valence-electron chi connectivity index (χ1n) is 9.60. The lowest BCUT2D eigenvalue weighted by Crippen LogP contribution is -2.44. The van der Waals surface area contributed by atoms with Gasteiger partial charge in [-0.15, -0.1) is 0 Å². The summed E-state index contributed by atoms with van der Waals surface area (Å²) in [5.41, 5.74) is 0.109. The van der Waals surface area contributed by atoms with Crippen molar-refractivity contribution in [2.24, 2.45) is 0 Å². The van der Waals surface area contributed by atoms with Crippen molar-refractivity contribution in [3.63, 3.8) is 0 Å². The number of hydrogen-bond acceptors (Lipinski definition) is 8. The highest BCUT2D eigenvalue weighted by Gasteiger charge is 2.36. The van der Waals surface area contributed by atoms with Gasteiger partial charge in [0.15, 0.2) is 6.73 Å². The molecular weight excluding hydrogens is 474 g/mol. The number of carbonyl (C=O) groups is 4. The number of thioether (sulfide) groups is 1. The normalized spacial score (nSPS) is 13.5. The van der Waals surface area contributed by atoms with Gasteiger partial charge < -0.3 is 10.1 Å². The van der Waals surface area contributed by atoms with Crippen molar-refractivity contribution in [3.8, 4) is 0 Å². The van der Waals surface area contributed by atoms with Crippen LogP contribution in [-0.4, -0.2) is 58.3 Å². The number of imide groups is 1. The van der Waals surface area contributed by atoms with Gasteiger partial charge in [-0.2, -0.15) is 11.8 Å². The predicted molar refractivity (Wildman–Crippen MR) is 120 cm³/mol. The molecule has 3 rings (SSSR count). The molecule has 0 aliphatic carbocycles. The average molecular weight is 492 g/mol. The number of hydrogen-bond donors (Lipinski definition) is 1. The topological polar surface area (TPSA) is 136 Å². The highest BCUT2D eigenvalue weighted by atomic mass is 35.5. The maximum absolute atomic E-state index is 12.7. The number of benzene rings is 2. The van der Waals surface area contributed by atoms with Crippen molar-refractivity contribution in [2.75, 3.05) is 18.7 Å². The predicted octanol–water partition coefficient (Wildman–Crippen LogP) is 2.90. The molecule has 0 bridgehead atoms. The highest BCUT2D eigenvalue weighted by molar-refractivity contribution is 7.98. The fourth-order valence-corrected chi connectivity index (χ4v) is 3.84. The van der Waals surface area contributed by atoms with E-state index in [4.69, 9.17) is 16.3 Å². The van der Waals surface area contributed by atoms with E-state index in [0.717, 1.165) is 17.0 Å². The van der Waals surface area contributed by atoms with Gasteiger partial charge in [0.2, 0.25) is 0 Å². The molecule has 3 amide bonds. The fourth-order valence-electron chi connectivity index (χ4n) is 3.11. The van der Waals surface area contributed by atoms with Crippen LogP contribution in [0.3, 0.4) is 0 Å². The van der Waals surface area contributed by atoms with Gasteiger partial charge in [-0.3, -0.25) is 24.5 Å². The molecule has 1 atom stereocenters. The molecule has 10 nitrogen and oxygen atoms in total. The molecule has 12 heteroatoms. The van der Waals surface area contributed by atoms with Gasteiger partial charge in [0.05, 0.1) is 26.6 Å². The standard InChI is InChI=1S/C21H18ClN3O7S/c1-33-9-8-17(23-18(26)15-7-6-12(25(30)31)10-16(15)22)21(29)32-11-24-19(27)13-4-2-3-5-14(13)20(24)28/h2-7,10,17H,8-9,11H2,1H3,(H,23,26). The third-order valence-corrected chi connectivity index (χ3v) is 5.78. The van der Waals surface area contributed by atoms with Crippen molar-refractivity contribution < 1.29 is 28.8 Å². The van der Waals surface area contributed by atoms with Crippen LogP contribution in [0.25, 0.3) is 0 Å². The van der Waals surface area contributed by atoms with E-state index in [0.29, 0.717) is 5.75 Å². The van der Waals surface area contributed by atoms with E-state index in [2.05, 4.69) is 5.32 Å². The van der Waals surface area contributed by atoms with Crippen molar-refractivity contribution in [1.29, 1.82) is 0 Å². The number of fused-ring (bicyclic) bond motifs is 1. The monoisotopic (exact) mass is 491 g/mol. The Balaban J connectivity index is 1.68. The van der Waals surface area contributed by atoms with E-state index in [9.17, 15) is 29.3 Å². The Morgan fingerprint density at radius 1 is 1.18 bits per heavy atom. The summed E-state index contributed by atoms with van der Waals surface area (Å²) >= 11 is 7.43. The molecule has 1 N–H and O–H groups in total. The number of carbonyl (C=O) groups excluding carboxylic acids is 4. The molecule has 0 aromatic heterocycles. The molecule has 2 aromatic carbocycles. The lowest BCUT2D eigenvalue weighted by molar-refractivity contribution is -0.384. The maximum Gasteiger partial charge on any atom is 0.330 e. The Bertz CT molecular complexity index is 1110. The van der Waals surface area contributed by atoms with Crippen LogP contribution in [-0.2, 0) is 9.53 Å². The SMILES string of the molecule is CSCCC(NC(=O)c1ccc([N+](=O)[O-])cc1Cl)C(=O)OCN1C(=O)c2ccccc2C1=O. The minimum atomic E-state index is -1.09. The molecule has 1 unspecified atom stereocenters. The van der Waals surface area contributed by atoms with Gasteiger partial charge in [-0.25, -0.2) is 9.69 Å². The molecule has 1 aliphatic heterocycles. The van der Waals surface area contributed by atoms with Gasteiger partial charge >= 0.3 is 5.97 Å². The van der Waals surface area contributed by atoms with E-state index in [1.165, 1.54) is 30.0 Å². The summed E-state index contributed by atoms with van der Waals surface area (Å²) in [6, 6.07) is 8.51. The van der Waals surface area contributed by atoms with E-state index < -0.39 is 41.4 Å². The van der Waals surface area contributed by atoms with Crippen molar-refractivity contribution in [3.05, 3.63) is 74.3 Å². The largest absolute Gasteiger partial charge is 0.442 e. The molecular formula is C21H18ClN3O7S. The van der Waals surface area contributed by atoms with E-state index in [-0.39, 0.29) is 33.8 Å². The van der Waals surface area contributed by atoms with Crippen LogP contribution < -0.4 is 5.32 Å². The number of amides is 3. The van der Waals surface area contributed by atoms with Crippen LogP contribution in [0, 0.1) is 10.1 Å². The van der Waals surface area contributed by atoms with Gasteiger partial charge in [0.25, 0.3) is 23.4 Å². The third kappa shape index (κ3) is 5.32. The highest BCUT2D eigenvalue weighted by Crippen LogP contribution is 2.24. The molecule has 33 heavy (non-hydrogen) atoms. The summed E-state index contributed by atoms with van der Waals surface area (Å²) in [7, 11) is 0. The molecule has 0 saturated carbocycles. The number of halogens is 1. The van der Waals surface area contributed by atoms with Crippen LogP contribution >= 0.6 is 23.4 Å². The van der Waals surface area contributed by atoms with Crippen molar-refractivity contribution in [2.45, 2.75) is 12.5 Å². The summed E-state index contributed by atoms with van der Waals surface area (Å²) in [6.45, 7) is -0.602. The van der Waals surface area contributed by atoms with Crippen molar-refractivity contribution >= 4 is 52.7 Å². The second-order valence-electron chi connectivity index (χ2n) is 6.91. The number of esters is 1. The molecule has 0 fully saturated rings. The molecule has 1 heterocycles. The molecule has 2 aromatic rings. The van der Waals surface area contributed by atoms with Crippen molar-refractivity contribution in [1.82, 2.24) is 10.2 Å². The Morgan fingerprint density at radius 2 is 1.82 bits per heavy atom. The van der Waals surface area contributed by atoms with Gasteiger partial charge in [0.1, 0.15) is 6.04 Å². The summed E-state index contributed by atoms with van der Waals surface area (Å²) < 4.78 is 5.17. The molecule has 0 saturated heterocycles.